The molecule has 2 heteroatoms. The van der Waals surface area contributed by atoms with Crippen molar-refractivity contribution in [3.8, 4) is 0 Å². The van der Waals surface area contributed by atoms with Crippen LogP contribution < -0.4 is 0 Å². The Kier molecular flexibility index (Phi) is 12.4. The van der Waals surface area contributed by atoms with Gasteiger partial charge in [0.15, 0.2) is 0 Å². The van der Waals surface area contributed by atoms with Crippen molar-refractivity contribution >= 4 is 6.08 Å². The fourth-order valence-electron chi connectivity index (χ4n) is 3.87. The van der Waals surface area contributed by atoms with Crippen LogP contribution in [0.2, 0.25) is 0 Å². The Morgan fingerprint density at radius 3 is 1.82 bits per heavy atom. The van der Waals surface area contributed by atoms with Crippen LogP contribution in [0.4, 0.5) is 0 Å². The molecule has 1 aliphatic rings. The Labute approximate surface area is 138 Å². The first-order valence-electron chi connectivity index (χ1n) is 9.90. The van der Waals surface area contributed by atoms with E-state index >= 15 is 0 Å². The van der Waals surface area contributed by atoms with E-state index in [1.807, 2.05) is 0 Å². The van der Waals surface area contributed by atoms with Crippen LogP contribution in [-0.2, 0) is 4.79 Å². The SMILES string of the molecule is CCCCCCC1CCC(CCCCCCCN=C=O)CC1. The van der Waals surface area contributed by atoms with Gasteiger partial charge in [-0.05, 0) is 18.3 Å². The van der Waals surface area contributed by atoms with E-state index in [0.717, 1.165) is 18.3 Å². The Balaban J connectivity index is 1.89. The van der Waals surface area contributed by atoms with Crippen molar-refractivity contribution in [3.63, 3.8) is 0 Å². The van der Waals surface area contributed by atoms with E-state index in [4.69, 9.17) is 0 Å². The van der Waals surface area contributed by atoms with E-state index < -0.39 is 0 Å². The molecule has 1 saturated carbocycles. The van der Waals surface area contributed by atoms with Crippen molar-refractivity contribution in [2.75, 3.05) is 6.54 Å². The molecule has 0 aromatic heterocycles. The molecule has 1 rings (SSSR count). The third kappa shape index (κ3) is 10.2. The summed E-state index contributed by atoms with van der Waals surface area (Å²) >= 11 is 0. The van der Waals surface area contributed by atoms with Crippen LogP contribution in [0.3, 0.4) is 0 Å². The van der Waals surface area contributed by atoms with Crippen LogP contribution in [0.25, 0.3) is 0 Å². The second kappa shape index (κ2) is 14.0. The highest BCUT2D eigenvalue weighted by atomic mass is 16.1. The van der Waals surface area contributed by atoms with Gasteiger partial charge in [0, 0.05) is 0 Å². The van der Waals surface area contributed by atoms with Gasteiger partial charge in [0.05, 0.1) is 6.54 Å². The van der Waals surface area contributed by atoms with Crippen LogP contribution in [-0.4, -0.2) is 12.6 Å². The van der Waals surface area contributed by atoms with Crippen molar-refractivity contribution in [1.29, 1.82) is 0 Å². The summed E-state index contributed by atoms with van der Waals surface area (Å²) in [4.78, 5) is 13.5. The van der Waals surface area contributed by atoms with Crippen molar-refractivity contribution in [2.45, 2.75) is 103 Å². The van der Waals surface area contributed by atoms with Gasteiger partial charge in [-0.25, -0.2) is 9.79 Å². The molecule has 1 fully saturated rings. The molecule has 0 saturated heterocycles. The van der Waals surface area contributed by atoms with Gasteiger partial charge in [-0.3, -0.25) is 0 Å². The van der Waals surface area contributed by atoms with E-state index in [2.05, 4.69) is 11.9 Å². The minimum absolute atomic E-state index is 0.672. The zero-order valence-electron chi connectivity index (χ0n) is 14.8. The molecule has 0 N–H and O–H groups in total. The molecular weight excluding hydrogens is 270 g/mol. The number of carbonyl (C=O) groups excluding carboxylic acids is 1. The first kappa shape index (κ1) is 19.4. The van der Waals surface area contributed by atoms with E-state index in [1.165, 1.54) is 89.9 Å². The summed E-state index contributed by atoms with van der Waals surface area (Å²) in [6.07, 6.45) is 22.6. The monoisotopic (exact) mass is 307 g/mol. The molecular formula is C20H37NO. The number of hydrogen-bond acceptors (Lipinski definition) is 2. The molecule has 0 amide bonds. The van der Waals surface area contributed by atoms with Crippen molar-refractivity contribution in [1.82, 2.24) is 0 Å². The third-order valence-electron chi connectivity index (χ3n) is 5.38. The largest absolute Gasteiger partial charge is 0.234 e. The van der Waals surface area contributed by atoms with Gasteiger partial charge in [-0.1, -0.05) is 96.8 Å². The summed E-state index contributed by atoms with van der Waals surface area (Å²) in [6.45, 7) is 2.97. The minimum Gasteiger partial charge on any atom is -0.211 e. The number of nitrogens with zero attached hydrogens (tertiary/aromatic N) is 1. The first-order chi connectivity index (χ1) is 10.9. The average Bonchev–Trinajstić information content (AvgIpc) is 2.55. The summed E-state index contributed by atoms with van der Waals surface area (Å²) < 4.78 is 0. The van der Waals surface area contributed by atoms with Crippen LogP contribution in [0.5, 0.6) is 0 Å². The smallest absolute Gasteiger partial charge is 0.211 e. The molecule has 0 radical (unpaired) electrons. The van der Waals surface area contributed by atoms with Gasteiger partial charge < -0.3 is 0 Å². The molecule has 0 aliphatic heterocycles. The fraction of sp³-hybridized carbons (Fsp3) is 0.950. The number of rotatable bonds is 13. The highest BCUT2D eigenvalue weighted by Gasteiger charge is 2.20. The molecule has 22 heavy (non-hydrogen) atoms. The third-order valence-corrected chi connectivity index (χ3v) is 5.38. The molecule has 1 aliphatic carbocycles. The summed E-state index contributed by atoms with van der Waals surface area (Å²) in [5.41, 5.74) is 0. The Hall–Kier alpha value is -0.620. The fourth-order valence-corrected chi connectivity index (χ4v) is 3.87. The zero-order valence-corrected chi connectivity index (χ0v) is 14.8. The number of isocyanates is 1. The lowest BCUT2D eigenvalue weighted by molar-refractivity contribution is 0.244. The topological polar surface area (TPSA) is 29.4 Å². The molecule has 0 unspecified atom stereocenters. The minimum atomic E-state index is 0.672. The second-order valence-corrected chi connectivity index (χ2v) is 7.27. The second-order valence-electron chi connectivity index (χ2n) is 7.27. The van der Waals surface area contributed by atoms with Gasteiger partial charge in [0.1, 0.15) is 0 Å². The predicted octanol–water partition coefficient (Wildman–Crippen LogP) is 6.44. The number of unbranched alkanes of at least 4 members (excludes halogenated alkanes) is 7. The Bertz CT molecular complexity index is 288. The number of aliphatic imine (C=N–C) groups is 1. The van der Waals surface area contributed by atoms with E-state index in [-0.39, 0.29) is 0 Å². The van der Waals surface area contributed by atoms with E-state index in [0.29, 0.717) is 6.54 Å². The van der Waals surface area contributed by atoms with Crippen molar-refractivity contribution in [2.24, 2.45) is 16.8 Å². The summed E-state index contributed by atoms with van der Waals surface area (Å²) in [6, 6.07) is 0. The molecule has 0 bridgehead atoms. The quantitative estimate of drug-likeness (QED) is 0.219. The molecule has 0 aromatic rings. The van der Waals surface area contributed by atoms with Crippen LogP contribution in [0.1, 0.15) is 103 Å². The predicted molar refractivity (Wildman–Crippen MR) is 94.9 cm³/mol. The average molecular weight is 308 g/mol. The van der Waals surface area contributed by atoms with Gasteiger partial charge in [-0.2, -0.15) is 0 Å². The maximum atomic E-state index is 9.93. The summed E-state index contributed by atoms with van der Waals surface area (Å²) in [7, 11) is 0. The Morgan fingerprint density at radius 1 is 0.773 bits per heavy atom. The summed E-state index contributed by atoms with van der Waals surface area (Å²) in [5, 5.41) is 0. The van der Waals surface area contributed by atoms with Gasteiger partial charge in [0.25, 0.3) is 0 Å². The van der Waals surface area contributed by atoms with Crippen molar-refractivity contribution < 1.29 is 4.79 Å². The molecule has 128 valence electrons. The van der Waals surface area contributed by atoms with Crippen LogP contribution >= 0.6 is 0 Å². The molecule has 2 nitrogen and oxygen atoms in total. The first-order valence-corrected chi connectivity index (χ1v) is 9.90. The maximum absolute atomic E-state index is 9.93. The molecule has 0 aromatic carbocycles. The lowest BCUT2D eigenvalue weighted by Gasteiger charge is -2.28. The van der Waals surface area contributed by atoms with Crippen LogP contribution in [0.15, 0.2) is 4.99 Å². The molecule has 0 atom stereocenters. The van der Waals surface area contributed by atoms with Gasteiger partial charge >= 0.3 is 0 Å². The normalized spacial score (nSPS) is 21.5. The highest BCUT2D eigenvalue weighted by Crippen LogP contribution is 2.34. The van der Waals surface area contributed by atoms with Gasteiger partial charge in [-0.15, -0.1) is 0 Å². The standard InChI is InChI=1S/C20H37NO/c1-2-3-4-8-11-19-13-15-20(16-14-19)12-9-6-5-7-10-17-21-18-22/h19-20H,2-17H2,1H3. The highest BCUT2D eigenvalue weighted by molar-refractivity contribution is 5.32. The Morgan fingerprint density at radius 2 is 1.27 bits per heavy atom. The molecule has 0 heterocycles. The van der Waals surface area contributed by atoms with Gasteiger partial charge in [0.2, 0.25) is 6.08 Å². The lowest BCUT2D eigenvalue weighted by atomic mass is 9.78. The van der Waals surface area contributed by atoms with E-state index in [9.17, 15) is 4.79 Å². The zero-order chi connectivity index (χ0) is 15.9. The number of hydrogen-bond donors (Lipinski definition) is 0. The maximum Gasteiger partial charge on any atom is 0.234 e. The summed E-state index contributed by atoms with van der Waals surface area (Å²) in [5.74, 6) is 2.07. The molecule has 0 spiro atoms. The van der Waals surface area contributed by atoms with Crippen LogP contribution in [0, 0.1) is 11.8 Å². The van der Waals surface area contributed by atoms with E-state index in [1.54, 1.807) is 6.08 Å². The lowest BCUT2D eigenvalue weighted by Crippen LogP contribution is -2.14. The van der Waals surface area contributed by atoms with Crippen molar-refractivity contribution in [3.05, 3.63) is 0 Å².